The molecule has 0 unspecified atom stereocenters. The van der Waals surface area contributed by atoms with Crippen LogP contribution >= 0.6 is 24.0 Å². The lowest BCUT2D eigenvalue weighted by atomic mass is 10.1. The van der Waals surface area contributed by atoms with Gasteiger partial charge in [-0.1, -0.05) is 13.0 Å². The molecule has 0 spiro atoms. The van der Waals surface area contributed by atoms with Gasteiger partial charge < -0.3 is 15.4 Å². The van der Waals surface area contributed by atoms with Gasteiger partial charge in [0.1, 0.15) is 0 Å². The van der Waals surface area contributed by atoms with Crippen LogP contribution in [0.1, 0.15) is 38.7 Å². The average molecular weight is 542 g/mol. The Morgan fingerprint density at radius 2 is 2.00 bits per heavy atom. The van der Waals surface area contributed by atoms with Crippen molar-refractivity contribution in [1.29, 1.82) is 0 Å². The molecule has 10 heteroatoms. The lowest BCUT2D eigenvalue weighted by Gasteiger charge is -2.32. The van der Waals surface area contributed by atoms with Gasteiger partial charge in [0, 0.05) is 32.7 Å². The third kappa shape index (κ3) is 7.89. The van der Waals surface area contributed by atoms with Crippen LogP contribution in [0, 0.1) is 5.82 Å². The van der Waals surface area contributed by atoms with Crippen LogP contribution in [0.4, 0.5) is 4.39 Å². The van der Waals surface area contributed by atoms with Crippen LogP contribution in [0.2, 0.25) is 0 Å². The summed E-state index contributed by atoms with van der Waals surface area (Å²) in [7, 11) is -1.46. The SMILES string of the molecule is CCCS(=O)(=O)N1CCC(NC(=NC)NCc2ccc(OCC)c(F)c2)CC1.I. The maximum absolute atomic E-state index is 14.0. The fourth-order valence-electron chi connectivity index (χ4n) is 3.17. The summed E-state index contributed by atoms with van der Waals surface area (Å²) in [6.45, 7) is 5.56. The van der Waals surface area contributed by atoms with E-state index in [2.05, 4.69) is 15.6 Å². The van der Waals surface area contributed by atoms with E-state index in [1.165, 1.54) is 6.07 Å². The number of sulfonamides is 1. The third-order valence-corrected chi connectivity index (χ3v) is 6.71. The molecule has 0 radical (unpaired) electrons. The summed E-state index contributed by atoms with van der Waals surface area (Å²) >= 11 is 0. The first-order valence-electron chi connectivity index (χ1n) is 9.75. The van der Waals surface area contributed by atoms with Crippen molar-refractivity contribution in [2.45, 2.75) is 45.7 Å². The molecule has 1 aliphatic heterocycles. The molecule has 0 amide bonds. The van der Waals surface area contributed by atoms with Crippen LogP contribution in [-0.4, -0.2) is 57.2 Å². The van der Waals surface area contributed by atoms with Gasteiger partial charge in [-0.25, -0.2) is 17.1 Å². The van der Waals surface area contributed by atoms with E-state index in [-0.39, 0.29) is 47.3 Å². The Morgan fingerprint density at radius 3 is 2.55 bits per heavy atom. The highest BCUT2D eigenvalue weighted by Crippen LogP contribution is 2.18. The van der Waals surface area contributed by atoms with Gasteiger partial charge >= 0.3 is 0 Å². The van der Waals surface area contributed by atoms with Crippen molar-refractivity contribution in [1.82, 2.24) is 14.9 Å². The van der Waals surface area contributed by atoms with Gasteiger partial charge in [-0.3, -0.25) is 4.99 Å². The number of aliphatic imine (C=N–C) groups is 1. The van der Waals surface area contributed by atoms with Gasteiger partial charge in [0.2, 0.25) is 10.0 Å². The Labute approximate surface area is 190 Å². The van der Waals surface area contributed by atoms with E-state index in [1.54, 1.807) is 17.4 Å². The second-order valence-corrected chi connectivity index (χ2v) is 8.85. The van der Waals surface area contributed by atoms with Gasteiger partial charge in [0.15, 0.2) is 17.5 Å². The molecule has 1 aromatic rings. The molecule has 1 fully saturated rings. The van der Waals surface area contributed by atoms with E-state index in [1.807, 2.05) is 19.9 Å². The Morgan fingerprint density at radius 1 is 1.31 bits per heavy atom. The van der Waals surface area contributed by atoms with E-state index in [9.17, 15) is 12.8 Å². The number of rotatable bonds is 8. The first kappa shape index (κ1) is 25.9. The molecule has 1 saturated heterocycles. The predicted octanol–water partition coefficient (Wildman–Crippen LogP) is 2.71. The fraction of sp³-hybridized carbons (Fsp3) is 0.632. The van der Waals surface area contributed by atoms with E-state index in [0.29, 0.717) is 38.6 Å². The molecule has 7 nitrogen and oxygen atoms in total. The molecule has 1 aliphatic rings. The normalized spacial score (nSPS) is 16.2. The number of ether oxygens (including phenoxy) is 1. The molecule has 166 valence electrons. The fourth-order valence-corrected chi connectivity index (χ4v) is 4.71. The summed E-state index contributed by atoms with van der Waals surface area (Å²) in [4.78, 5) is 4.21. The average Bonchev–Trinajstić information content (AvgIpc) is 2.67. The second kappa shape index (κ2) is 12.5. The van der Waals surface area contributed by atoms with E-state index in [0.717, 1.165) is 18.4 Å². The van der Waals surface area contributed by atoms with Crippen LogP contribution in [0.5, 0.6) is 5.75 Å². The van der Waals surface area contributed by atoms with Crippen molar-refractivity contribution in [3.63, 3.8) is 0 Å². The highest BCUT2D eigenvalue weighted by Gasteiger charge is 2.27. The van der Waals surface area contributed by atoms with Crippen molar-refractivity contribution >= 4 is 40.0 Å². The van der Waals surface area contributed by atoms with Crippen molar-refractivity contribution in [2.75, 3.05) is 32.5 Å². The minimum absolute atomic E-state index is 0. The first-order valence-corrected chi connectivity index (χ1v) is 11.4. The summed E-state index contributed by atoms with van der Waals surface area (Å²) in [6, 6.07) is 5.03. The van der Waals surface area contributed by atoms with Gasteiger partial charge in [-0.15, -0.1) is 24.0 Å². The maximum atomic E-state index is 14.0. The second-order valence-electron chi connectivity index (χ2n) is 6.76. The molecule has 0 saturated carbocycles. The van der Waals surface area contributed by atoms with Crippen LogP contribution in [-0.2, 0) is 16.6 Å². The Bertz CT molecular complexity index is 769. The lowest BCUT2D eigenvalue weighted by Crippen LogP contribution is -2.49. The topological polar surface area (TPSA) is 83.0 Å². The number of hydrogen-bond acceptors (Lipinski definition) is 4. The number of nitrogens with one attached hydrogen (secondary N) is 2. The molecule has 1 aromatic carbocycles. The quantitative estimate of drug-likeness (QED) is 0.300. The summed E-state index contributed by atoms with van der Waals surface area (Å²) in [5.41, 5.74) is 0.782. The number of guanidine groups is 1. The molecular weight excluding hydrogens is 510 g/mol. The Balaban J connectivity index is 0.00000420. The number of piperidine rings is 1. The minimum Gasteiger partial charge on any atom is -0.491 e. The largest absolute Gasteiger partial charge is 0.491 e. The molecule has 2 rings (SSSR count). The van der Waals surface area contributed by atoms with Gasteiger partial charge in [0.25, 0.3) is 0 Å². The third-order valence-electron chi connectivity index (χ3n) is 4.63. The molecular formula is C19H32FIN4O3S. The number of halogens is 2. The molecule has 0 bridgehead atoms. The molecule has 0 atom stereocenters. The van der Waals surface area contributed by atoms with Gasteiger partial charge in [0.05, 0.1) is 12.4 Å². The van der Waals surface area contributed by atoms with Crippen LogP contribution < -0.4 is 15.4 Å². The van der Waals surface area contributed by atoms with Crippen molar-refractivity contribution < 1.29 is 17.5 Å². The van der Waals surface area contributed by atoms with Crippen molar-refractivity contribution in [3.8, 4) is 5.75 Å². The van der Waals surface area contributed by atoms with E-state index >= 15 is 0 Å². The number of benzene rings is 1. The zero-order chi connectivity index (χ0) is 20.6. The van der Waals surface area contributed by atoms with Crippen LogP contribution in [0.25, 0.3) is 0 Å². The number of hydrogen-bond donors (Lipinski definition) is 2. The molecule has 0 aliphatic carbocycles. The molecule has 0 aromatic heterocycles. The monoisotopic (exact) mass is 542 g/mol. The smallest absolute Gasteiger partial charge is 0.214 e. The summed E-state index contributed by atoms with van der Waals surface area (Å²) < 4.78 is 45.0. The minimum atomic E-state index is -3.14. The summed E-state index contributed by atoms with van der Waals surface area (Å²) in [6.07, 6.45) is 2.08. The zero-order valence-electron chi connectivity index (χ0n) is 17.3. The van der Waals surface area contributed by atoms with Crippen molar-refractivity contribution in [2.24, 2.45) is 4.99 Å². The summed E-state index contributed by atoms with van der Waals surface area (Å²) in [5, 5.41) is 6.50. The Hall–Kier alpha value is -1.14. The molecule has 2 N–H and O–H groups in total. The van der Waals surface area contributed by atoms with Crippen LogP contribution in [0.15, 0.2) is 23.2 Å². The highest BCUT2D eigenvalue weighted by atomic mass is 127. The van der Waals surface area contributed by atoms with E-state index < -0.39 is 10.0 Å². The first-order chi connectivity index (χ1) is 13.4. The zero-order valence-corrected chi connectivity index (χ0v) is 20.4. The molecule has 1 heterocycles. The standard InChI is InChI=1S/C19H31FN4O3S.HI/c1-4-12-28(25,26)24-10-8-16(9-11-24)23-19(21-3)22-14-15-6-7-18(27-5-2)17(20)13-15;/h6-7,13,16H,4-5,8-12,14H2,1-3H3,(H2,21,22,23);1H. The Kier molecular flexibility index (Phi) is 11.2. The van der Waals surface area contributed by atoms with Crippen LogP contribution in [0.3, 0.4) is 0 Å². The maximum Gasteiger partial charge on any atom is 0.214 e. The van der Waals surface area contributed by atoms with Crippen molar-refractivity contribution in [3.05, 3.63) is 29.6 Å². The summed E-state index contributed by atoms with van der Waals surface area (Å²) in [5.74, 6) is 0.680. The highest BCUT2D eigenvalue weighted by molar-refractivity contribution is 14.0. The van der Waals surface area contributed by atoms with E-state index in [4.69, 9.17) is 4.74 Å². The van der Waals surface area contributed by atoms with Gasteiger partial charge in [-0.2, -0.15) is 0 Å². The number of nitrogens with zero attached hydrogens (tertiary/aromatic N) is 2. The molecule has 29 heavy (non-hydrogen) atoms. The predicted molar refractivity (Wildman–Crippen MR) is 125 cm³/mol. The lowest BCUT2D eigenvalue weighted by molar-refractivity contribution is 0.306. The van der Waals surface area contributed by atoms with Gasteiger partial charge in [-0.05, 0) is 43.9 Å².